The Morgan fingerprint density at radius 2 is 1.07 bits per heavy atom. The summed E-state index contributed by atoms with van der Waals surface area (Å²) in [5.74, 6) is 0.729. The molecule has 2 N–H and O–H groups in total. The maximum absolute atomic E-state index is 9.08. The van der Waals surface area contributed by atoms with Gasteiger partial charge >= 0.3 is 0 Å². The molecule has 2 atom stereocenters. The molecule has 0 aromatic heterocycles. The van der Waals surface area contributed by atoms with E-state index in [9.17, 15) is 0 Å². The lowest BCUT2D eigenvalue weighted by molar-refractivity contribution is 0.173. The summed E-state index contributed by atoms with van der Waals surface area (Å²) in [6, 6.07) is 0. The van der Waals surface area contributed by atoms with Gasteiger partial charge < -0.3 is 10.2 Å². The SMILES string of the molecule is CC(O)CCCC(C)CCCC(C)O. The first-order chi connectivity index (χ1) is 6.52. The molecule has 0 fully saturated rings. The third-order valence-electron chi connectivity index (χ3n) is 2.64. The third-order valence-corrected chi connectivity index (χ3v) is 2.64. The van der Waals surface area contributed by atoms with Gasteiger partial charge in [-0.3, -0.25) is 0 Å². The van der Waals surface area contributed by atoms with Gasteiger partial charge in [0.15, 0.2) is 0 Å². The summed E-state index contributed by atoms with van der Waals surface area (Å²) >= 11 is 0. The van der Waals surface area contributed by atoms with Crippen LogP contribution >= 0.6 is 0 Å². The average Bonchev–Trinajstić information content (AvgIpc) is 2.02. The van der Waals surface area contributed by atoms with Gasteiger partial charge in [0.1, 0.15) is 0 Å². The predicted molar refractivity (Wildman–Crippen MR) is 60.2 cm³/mol. The van der Waals surface area contributed by atoms with Gasteiger partial charge in [-0.1, -0.05) is 32.6 Å². The van der Waals surface area contributed by atoms with Crippen molar-refractivity contribution in [3.05, 3.63) is 0 Å². The minimum Gasteiger partial charge on any atom is -0.393 e. The van der Waals surface area contributed by atoms with Gasteiger partial charge in [-0.15, -0.1) is 0 Å². The molecule has 14 heavy (non-hydrogen) atoms. The second-order valence-corrected chi connectivity index (χ2v) is 4.67. The van der Waals surface area contributed by atoms with E-state index in [2.05, 4.69) is 6.92 Å². The van der Waals surface area contributed by atoms with Crippen molar-refractivity contribution in [2.75, 3.05) is 0 Å². The van der Waals surface area contributed by atoms with Crippen LogP contribution in [0.4, 0.5) is 0 Å². The van der Waals surface area contributed by atoms with Crippen molar-refractivity contribution >= 4 is 0 Å². The van der Waals surface area contributed by atoms with Crippen LogP contribution in [-0.4, -0.2) is 22.4 Å². The molecule has 0 amide bonds. The Balaban J connectivity index is 3.23. The van der Waals surface area contributed by atoms with E-state index in [1.54, 1.807) is 0 Å². The summed E-state index contributed by atoms with van der Waals surface area (Å²) in [5, 5.41) is 18.2. The largest absolute Gasteiger partial charge is 0.393 e. The van der Waals surface area contributed by atoms with Crippen LogP contribution < -0.4 is 0 Å². The summed E-state index contributed by atoms with van der Waals surface area (Å²) in [5.41, 5.74) is 0. The fraction of sp³-hybridized carbons (Fsp3) is 1.00. The summed E-state index contributed by atoms with van der Waals surface area (Å²) in [4.78, 5) is 0. The minimum atomic E-state index is -0.153. The van der Waals surface area contributed by atoms with Crippen LogP contribution in [0.2, 0.25) is 0 Å². The van der Waals surface area contributed by atoms with E-state index < -0.39 is 0 Å². The lowest BCUT2D eigenvalue weighted by atomic mass is 9.96. The highest BCUT2D eigenvalue weighted by Gasteiger charge is 2.04. The number of aliphatic hydroxyl groups excluding tert-OH is 2. The molecule has 0 aromatic carbocycles. The first-order valence-corrected chi connectivity index (χ1v) is 5.88. The van der Waals surface area contributed by atoms with E-state index in [4.69, 9.17) is 10.2 Å². The van der Waals surface area contributed by atoms with E-state index in [1.165, 1.54) is 12.8 Å². The van der Waals surface area contributed by atoms with Crippen LogP contribution in [0.25, 0.3) is 0 Å². The first kappa shape index (κ1) is 13.9. The van der Waals surface area contributed by atoms with Gasteiger partial charge in [0, 0.05) is 0 Å². The molecular weight excluding hydrogens is 176 g/mol. The van der Waals surface area contributed by atoms with E-state index in [-0.39, 0.29) is 12.2 Å². The fourth-order valence-corrected chi connectivity index (χ4v) is 1.67. The predicted octanol–water partition coefficient (Wildman–Crippen LogP) is 2.72. The molecule has 0 saturated heterocycles. The summed E-state index contributed by atoms with van der Waals surface area (Å²) in [6.07, 6.45) is 6.16. The van der Waals surface area contributed by atoms with Crippen LogP contribution in [0.5, 0.6) is 0 Å². The van der Waals surface area contributed by atoms with E-state index in [1.807, 2.05) is 13.8 Å². The molecule has 0 saturated carbocycles. The lowest BCUT2D eigenvalue weighted by Gasteiger charge is -2.12. The maximum atomic E-state index is 9.08. The van der Waals surface area contributed by atoms with Crippen molar-refractivity contribution in [2.45, 2.75) is 71.5 Å². The van der Waals surface area contributed by atoms with Gasteiger partial charge in [-0.25, -0.2) is 0 Å². The van der Waals surface area contributed by atoms with Gasteiger partial charge in [-0.05, 0) is 32.6 Å². The van der Waals surface area contributed by atoms with E-state index in [0.717, 1.165) is 31.6 Å². The number of aliphatic hydroxyl groups is 2. The Morgan fingerprint density at radius 3 is 1.36 bits per heavy atom. The smallest absolute Gasteiger partial charge is 0.0512 e. The van der Waals surface area contributed by atoms with Crippen molar-refractivity contribution in [3.63, 3.8) is 0 Å². The molecule has 2 unspecified atom stereocenters. The van der Waals surface area contributed by atoms with E-state index >= 15 is 0 Å². The first-order valence-electron chi connectivity index (χ1n) is 5.88. The van der Waals surface area contributed by atoms with Gasteiger partial charge in [0.05, 0.1) is 12.2 Å². The molecule has 0 aliphatic rings. The summed E-state index contributed by atoms with van der Waals surface area (Å²) in [6.45, 7) is 5.94. The standard InChI is InChI=1S/C12H26O2/c1-10(6-4-8-11(2)13)7-5-9-12(3)14/h10-14H,4-9H2,1-3H3. The average molecular weight is 202 g/mol. The van der Waals surface area contributed by atoms with E-state index in [0.29, 0.717) is 0 Å². The molecule has 0 spiro atoms. The molecule has 0 aromatic rings. The zero-order valence-corrected chi connectivity index (χ0v) is 9.87. The van der Waals surface area contributed by atoms with Crippen molar-refractivity contribution in [2.24, 2.45) is 5.92 Å². The van der Waals surface area contributed by atoms with Crippen LogP contribution in [0.15, 0.2) is 0 Å². The molecule has 0 rings (SSSR count). The Labute approximate surface area is 88.3 Å². The van der Waals surface area contributed by atoms with Gasteiger partial charge in [0.2, 0.25) is 0 Å². The molecular formula is C12H26O2. The van der Waals surface area contributed by atoms with Crippen LogP contribution in [0.3, 0.4) is 0 Å². The monoisotopic (exact) mass is 202 g/mol. The number of hydrogen-bond donors (Lipinski definition) is 2. The molecule has 86 valence electrons. The van der Waals surface area contributed by atoms with Gasteiger partial charge in [-0.2, -0.15) is 0 Å². The molecule has 0 aliphatic heterocycles. The maximum Gasteiger partial charge on any atom is 0.0512 e. The van der Waals surface area contributed by atoms with Crippen molar-refractivity contribution in [3.8, 4) is 0 Å². The van der Waals surface area contributed by atoms with Crippen LogP contribution in [-0.2, 0) is 0 Å². The summed E-state index contributed by atoms with van der Waals surface area (Å²) in [7, 11) is 0. The number of rotatable bonds is 8. The Bertz CT molecular complexity index is 107. The lowest BCUT2D eigenvalue weighted by Crippen LogP contribution is -2.03. The molecule has 2 heteroatoms. The second kappa shape index (κ2) is 8.25. The minimum absolute atomic E-state index is 0.153. The van der Waals surface area contributed by atoms with Crippen molar-refractivity contribution in [1.29, 1.82) is 0 Å². The quantitative estimate of drug-likeness (QED) is 0.635. The number of hydrogen-bond acceptors (Lipinski definition) is 2. The Kier molecular flexibility index (Phi) is 8.20. The Morgan fingerprint density at radius 1 is 0.714 bits per heavy atom. The zero-order chi connectivity index (χ0) is 11.0. The fourth-order valence-electron chi connectivity index (χ4n) is 1.67. The highest BCUT2D eigenvalue weighted by Crippen LogP contribution is 2.16. The van der Waals surface area contributed by atoms with Crippen molar-refractivity contribution in [1.82, 2.24) is 0 Å². The molecule has 0 bridgehead atoms. The zero-order valence-electron chi connectivity index (χ0n) is 9.87. The molecule has 0 radical (unpaired) electrons. The summed E-state index contributed by atoms with van der Waals surface area (Å²) < 4.78 is 0. The third kappa shape index (κ3) is 10.0. The Hall–Kier alpha value is -0.0800. The molecule has 0 aliphatic carbocycles. The highest BCUT2D eigenvalue weighted by atomic mass is 16.3. The highest BCUT2D eigenvalue weighted by molar-refractivity contribution is 4.57. The van der Waals surface area contributed by atoms with Gasteiger partial charge in [0.25, 0.3) is 0 Å². The second-order valence-electron chi connectivity index (χ2n) is 4.67. The topological polar surface area (TPSA) is 40.5 Å². The molecule has 0 heterocycles. The normalized spacial score (nSPS) is 17.8. The van der Waals surface area contributed by atoms with Crippen molar-refractivity contribution < 1.29 is 10.2 Å². The van der Waals surface area contributed by atoms with Crippen LogP contribution in [0.1, 0.15) is 59.3 Å². The molecule has 2 nitrogen and oxygen atoms in total. The van der Waals surface area contributed by atoms with Crippen LogP contribution in [0, 0.1) is 5.92 Å².